The number of pyridine rings is 1. The minimum Gasteiger partial charge on any atom is -0.428 e. The first-order valence-electron chi connectivity index (χ1n) is 10.5. The first-order valence-corrected chi connectivity index (χ1v) is 10.5. The van der Waals surface area contributed by atoms with Crippen molar-refractivity contribution in [2.24, 2.45) is 5.92 Å². The van der Waals surface area contributed by atoms with Gasteiger partial charge in [0.1, 0.15) is 28.6 Å². The molecule has 2 amide bonds. The molecule has 4 aromatic rings. The highest BCUT2D eigenvalue weighted by Crippen LogP contribution is 2.32. The number of carbonyl (C=O) groups is 2. The Morgan fingerprint density at radius 1 is 1.30 bits per heavy atom. The summed E-state index contributed by atoms with van der Waals surface area (Å²) in [6.07, 6.45) is 7.23. The summed E-state index contributed by atoms with van der Waals surface area (Å²) in [5.41, 5.74) is 8.90. The summed E-state index contributed by atoms with van der Waals surface area (Å²) in [6.45, 7) is 2.57. The average molecular weight is 446 g/mol. The Labute approximate surface area is 188 Å². The highest BCUT2D eigenvalue weighted by molar-refractivity contribution is 6.01. The predicted molar refractivity (Wildman–Crippen MR) is 119 cm³/mol. The number of aromatic nitrogens is 5. The number of nitrogens with zero attached hydrogens (tertiary/aromatic N) is 6. The summed E-state index contributed by atoms with van der Waals surface area (Å²) >= 11 is 0. The fraction of sp³-hybridized carbons (Fsp3) is 0.273. The van der Waals surface area contributed by atoms with Crippen molar-refractivity contribution in [3.8, 4) is 11.3 Å². The van der Waals surface area contributed by atoms with Crippen LogP contribution in [-0.4, -0.2) is 54.6 Å². The third kappa shape index (κ3) is 3.77. The zero-order valence-corrected chi connectivity index (χ0v) is 18.1. The van der Waals surface area contributed by atoms with E-state index in [9.17, 15) is 9.59 Å². The Morgan fingerprint density at radius 3 is 2.88 bits per heavy atom. The van der Waals surface area contributed by atoms with Crippen molar-refractivity contribution in [1.82, 2.24) is 29.2 Å². The van der Waals surface area contributed by atoms with Crippen LogP contribution in [0.5, 0.6) is 0 Å². The van der Waals surface area contributed by atoms with Gasteiger partial charge in [0, 0.05) is 50.1 Å². The maximum absolute atomic E-state index is 12.5. The molecule has 0 spiro atoms. The lowest BCUT2D eigenvalue weighted by Gasteiger charge is -2.09. The van der Waals surface area contributed by atoms with Crippen molar-refractivity contribution in [3.05, 3.63) is 54.1 Å². The number of likely N-dealkylation sites (tertiary alicyclic amines) is 1. The van der Waals surface area contributed by atoms with Crippen LogP contribution in [0.4, 0.5) is 11.8 Å². The van der Waals surface area contributed by atoms with Crippen molar-refractivity contribution in [2.75, 3.05) is 24.6 Å². The molecule has 11 heteroatoms. The number of nitrogen functional groups attached to an aromatic ring is 1. The first-order chi connectivity index (χ1) is 15.9. The van der Waals surface area contributed by atoms with Gasteiger partial charge in [0.2, 0.25) is 5.91 Å². The van der Waals surface area contributed by atoms with E-state index >= 15 is 0 Å². The maximum atomic E-state index is 12.5. The van der Waals surface area contributed by atoms with Crippen molar-refractivity contribution in [3.63, 3.8) is 0 Å². The second-order valence-corrected chi connectivity index (χ2v) is 8.01. The molecular weight excluding hydrogens is 424 g/mol. The molecule has 0 aliphatic carbocycles. The van der Waals surface area contributed by atoms with Crippen LogP contribution >= 0.6 is 0 Å². The third-order valence-electron chi connectivity index (χ3n) is 5.85. The van der Waals surface area contributed by atoms with Crippen LogP contribution in [0, 0.1) is 12.8 Å². The van der Waals surface area contributed by atoms with Crippen LogP contribution in [0.15, 0.2) is 41.3 Å². The van der Waals surface area contributed by atoms with Gasteiger partial charge in [0.05, 0.1) is 11.9 Å². The molecule has 4 aromatic heterocycles. The van der Waals surface area contributed by atoms with Crippen LogP contribution < -0.4 is 11.1 Å². The smallest absolute Gasteiger partial charge is 0.302 e. The number of nitrogens with one attached hydrogen (secondary N) is 1. The predicted octanol–water partition coefficient (Wildman–Crippen LogP) is 1.94. The standard InChI is InChI=1S/C22H22N8O3/c1-12-19(23)26-17-4-3-14(11-30(12)17)18-16(9-13-5-8-29(2)21(13)32)33-22(27-18)28-20(31)15-10-24-6-7-25-15/h3-4,6-7,10-11,13H,5,8-9,23H2,1-2H3,(H,27,28,31). The fourth-order valence-electron chi connectivity index (χ4n) is 3.98. The maximum Gasteiger partial charge on any atom is 0.302 e. The van der Waals surface area contributed by atoms with E-state index in [0.717, 1.165) is 17.7 Å². The minimum atomic E-state index is -0.493. The van der Waals surface area contributed by atoms with Crippen molar-refractivity contribution >= 4 is 29.3 Å². The van der Waals surface area contributed by atoms with E-state index in [-0.39, 0.29) is 23.5 Å². The second-order valence-electron chi connectivity index (χ2n) is 8.01. The molecule has 1 aliphatic heterocycles. The van der Waals surface area contributed by atoms with E-state index in [1.165, 1.54) is 18.6 Å². The summed E-state index contributed by atoms with van der Waals surface area (Å²) in [7, 11) is 1.79. The van der Waals surface area contributed by atoms with Gasteiger partial charge in [-0.05, 0) is 25.5 Å². The van der Waals surface area contributed by atoms with Crippen molar-refractivity contribution in [2.45, 2.75) is 19.8 Å². The Hall–Kier alpha value is -4.28. The number of fused-ring (bicyclic) bond motifs is 1. The molecule has 0 bridgehead atoms. The monoisotopic (exact) mass is 446 g/mol. The number of hydrogen-bond donors (Lipinski definition) is 2. The van der Waals surface area contributed by atoms with E-state index in [4.69, 9.17) is 10.2 Å². The van der Waals surface area contributed by atoms with Crippen LogP contribution in [0.25, 0.3) is 16.9 Å². The zero-order chi connectivity index (χ0) is 23.1. The number of oxazole rings is 1. The molecule has 0 aromatic carbocycles. The molecule has 5 heterocycles. The van der Waals surface area contributed by atoms with Crippen molar-refractivity contribution in [1.29, 1.82) is 0 Å². The van der Waals surface area contributed by atoms with Crippen molar-refractivity contribution < 1.29 is 14.0 Å². The topological polar surface area (TPSA) is 145 Å². The van der Waals surface area contributed by atoms with E-state index in [1.807, 2.05) is 29.7 Å². The zero-order valence-electron chi connectivity index (χ0n) is 18.1. The van der Waals surface area contributed by atoms with Crippen LogP contribution in [-0.2, 0) is 11.2 Å². The van der Waals surface area contributed by atoms with Gasteiger partial charge in [0.15, 0.2) is 0 Å². The number of hydrogen-bond acceptors (Lipinski definition) is 8. The molecular formula is C22H22N8O3. The molecule has 1 atom stereocenters. The molecule has 0 saturated carbocycles. The lowest BCUT2D eigenvalue weighted by molar-refractivity contribution is -0.129. The van der Waals surface area contributed by atoms with Crippen LogP contribution in [0.2, 0.25) is 0 Å². The SMILES string of the molecule is Cc1c(N)nc2ccc(-c3nc(NC(=O)c4cnccn4)oc3CC3CCN(C)C3=O)cn12. The van der Waals surface area contributed by atoms with Gasteiger partial charge in [-0.3, -0.25) is 19.9 Å². The summed E-state index contributed by atoms with van der Waals surface area (Å²) in [6, 6.07) is 3.72. The van der Waals surface area contributed by atoms with E-state index in [0.29, 0.717) is 35.9 Å². The highest BCUT2D eigenvalue weighted by Gasteiger charge is 2.32. The summed E-state index contributed by atoms with van der Waals surface area (Å²) in [5, 5.41) is 2.63. The van der Waals surface area contributed by atoms with Gasteiger partial charge < -0.3 is 19.5 Å². The number of imidazole rings is 1. The molecule has 3 N–H and O–H groups in total. The van der Waals surface area contributed by atoms with Gasteiger partial charge >= 0.3 is 6.01 Å². The minimum absolute atomic E-state index is 0.0245. The molecule has 168 valence electrons. The Morgan fingerprint density at radius 2 is 2.15 bits per heavy atom. The van der Waals surface area contributed by atoms with Crippen LogP contribution in [0.3, 0.4) is 0 Å². The van der Waals surface area contributed by atoms with Gasteiger partial charge in [-0.15, -0.1) is 0 Å². The third-order valence-corrected chi connectivity index (χ3v) is 5.85. The molecule has 1 unspecified atom stereocenters. The number of anilines is 2. The molecule has 1 saturated heterocycles. The highest BCUT2D eigenvalue weighted by atomic mass is 16.4. The molecule has 1 fully saturated rings. The molecule has 33 heavy (non-hydrogen) atoms. The van der Waals surface area contributed by atoms with Gasteiger partial charge in [-0.2, -0.15) is 4.98 Å². The lowest BCUT2D eigenvalue weighted by atomic mass is 10.00. The summed E-state index contributed by atoms with van der Waals surface area (Å²) in [5.74, 6) is 0.329. The molecule has 1 aliphatic rings. The van der Waals surface area contributed by atoms with E-state index in [1.54, 1.807) is 11.9 Å². The normalized spacial score (nSPS) is 16.0. The number of nitrogens with two attached hydrogens (primary N) is 1. The fourth-order valence-corrected chi connectivity index (χ4v) is 3.98. The summed E-state index contributed by atoms with van der Waals surface area (Å²) in [4.78, 5) is 43.5. The number of aryl methyl sites for hydroxylation is 1. The van der Waals surface area contributed by atoms with E-state index < -0.39 is 5.91 Å². The van der Waals surface area contributed by atoms with Gasteiger partial charge in [-0.1, -0.05) is 0 Å². The Kier molecular flexibility index (Phi) is 5.00. The first kappa shape index (κ1) is 20.6. The quantitative estimate of drug-likeness (QED) is 0.473. The Bertz CT molecular complexity index is 1360. The summed E-state index contributed by atoms with van der Waals surface area (Å²) < 4.78 is 7.81. The number of rotatable bonds is 5. The van der Waals surface area contributed by atoms with E-state index in [2.05, 4.69) is 25.3 Å². The van der Waals surface area contributed by atoms with Gasteiger partial charge in [-0.25, -0.2) is 9.97 Å². The Balaban J connectivity index is 1.52. The van der Waals surface area contributed by atoms with Gasteiger partial charge in [0.25, 0.3) is 5.91 Å². The molecule has 11 nitrogen and oxygen atoms in total. The number of carbonyl (C=O) groups excluding carboxylic acids is 2. The van der Waals surface area contributed by atoms with Crippen LogP contribution in [0.1, 0.15) is 28.4 Å². The number of amides is 2. The molecule has 0 radical (unpaired) electrons. The largest absolute Gasteiger partial charge is 0.428 e. The molecule has 5 rings (SSSR count). The second kappa shape index (κ2) is 8.01. The average Bonchev–Trinajstić information content (AvgIpc) is 3.46. The lowest BCUT2D eigenvalue weighted by Crippen LogP contribution is -2.23.